The molecule has 0 aliphatic carbocycles. The van der Waals surface area contributed by atoms with Crippen LogP contribution in [0.25, 0.3) is 0 Å². The van der Waals surface area contributed by atoms with Crippen molar-refractivity contribution in [3.63, 3.8) is 0 Å². The Morgan fingerprint density at radius 1 is 1.25 bits per heavy atom. The van der Waals surface area contributed by atoms with Crippen molar-refractivity contribution in [3.05, 3.63) is 47.5 Å². The number of allylic oxidation sites excluding steroid dienone is 1. The number of ether oxygens (including phenoxy) is 2. The van der Waals surface area contributed by atoms with Crippen LogP contribution in [-0.2, 0) is 14.3 Å². The molecular formula is C22H30FNO4. The van der Waals surface area contributed by atoms with Gasteiger partial charge in [0.2, 0.25) is 6.29 Å². The number of carbonyl (C=O) groups is 1. The van der Waals surface area contributed by atoms with Gasteiger partial charge in [-0.25, -0.2) is 4.39 Å². The van der Waals surface area contributed by atoms with Crippen LogP contribution in [0.5, 0.6) is 0 Å². The van der Waals surface area contributed by atoms with Crippen molar-refractivity contribution in [1.82, 2.24) is 4.90 Å². The van der Waals surface area contributed by atoms with Crippen molar-refractivity contribution in [2.24, 2.45) is 5.92 Å². The maximum absolute atomic E-state index is 13.4. The van der Waals surface area contributed by atoms with Crippen LogP contribution < -0.4 is 0 Å². The van der Waals surface area contributed by atoms with Crippen molar-refractivity contribution in [1.29, 1.82) is 0 Å². The lowest BCUT2D eigenvalue weighted by molar-refractivity contribution is -0.170. The molecule has 0 spiro atoms. The average Bonchev–Trinajstić information content (AvgIpc) is 2.73. The predicted octanol–water partition coefficient (Wildman–Crippen LogP) is 3.59. The summed E-state index contributed by atoms with van der Waals surface area (Å²) in [6.45, 7) is 3.92. The normalized spacial score (nSPS) is 25.2. The molecular weight excluding hydrogens is 361 g/mol. The quantitative estimate of drug-likeness (QED) is 0.772. The summed E-state index contributed by atoms with van der Waals surface area (Å²) < 4.78 is 25.3. The summed E-state index contributed by atoms with van der Waals surface area (Å²) in [6, 6.07) is 6.37. The molecule has 2 heterocycles. The van der Waals surface area contributed by atoms with Gasteiger partial charge < -0.3 is 19.5 Å². The molecule has 3 atom stereocenters. The van der Waals surface area contributed by atoms with Crippen molar-refractivity contribution >= 4 is 5.91 Å². The van der Waals surface area contributed by atoms with Gasteiger partial charge in [0.25, 0.3) is 5.91 Å². The molecule has 1 fully saturated rings. The first kappa shape index (κ1) is 20.8. The molecule has 28 heavy (non-hydrogen) atoms. The second kappa shape index (κ2) is 10.0. The number of aliphatic hydroxyl groups is 1. The first-order valence-electron chi connectivity index (χ1n) is 10.3. The number of aliphatic hydroxyl groups excluding tert-OH is 1. The number of amides is 1. The fourth-order valence-corrected chi connectivity index (χ4v) is 4.08. The molecule has 0 radical (unpaired) electrons. The third-order valence-electron chi connectivity index (χ3n) is 5.52. The number of rotatable bonds is 7. The number of benzene rings is 1. The molecule has 0 unspecified atom stereocenters. The number of hydrogen-bond acceptors (Lipinski definition) is 4. The lowest BCUT2D eigenvalue weighted by Gasteiger charge is -2.38. The molecule has 1 aromatic rings. The zero-order valence-electron chi connectivity index (χ0n) is 16.5. The van der Waals surface area contributed by atoms with Crippen LogP contribution in [0.15, 0.2) is 36.1 Å². The average molecular weight is 391 g/mol. The first-order chi connectivity index (χ1) is 13.6. The fourth-order valence-electron chi connectivity index (χ4n) is 4.08. The van der Waals surface area contributed by atoms with Crippen molar-refractivity contribution in [2.45, 2.75) is 51.2 Å². The topological polar surface area (TPSA) is 59.0 Å². The van der Waals surface area contributed by atoms with Gasteiger partial charge >= 0.3 is 0 Å². The summed E-state index contributed by atoms with van der Waals surface area (Å²) in [5, 5.41) is 9.31. The summed E-state index contributed by atoms with van der Waals surface area (Å²) in [4.78, 5) is 14.9. The molecule has 154 valence electrons. The Morgan fingerprint density at radius 2 is 1.96 bits per heavy atom. The van der Waals surface area contributed by atoms with Gasteiger partial charge in [0.05, 0.1) is 0 Å². The Balaban J connectivity index is 1.92. The zero-order chi connectivity index (χ0) is 19.9. The Morgan fingerprint density at radius 3 is 2.61 bits per heavy atom. The van der Waals surface area contributed by atoms with Gasteiger partial charge in [0.15, 0.2) is 5.76 Å². The van der Waals surface area contributed by atoms with E-state index in [2.05, 4.69) is 0 Å². The second-order valence-corrected chi connectivity index (χ2v) is 7.43. The highest BCUT2D eigenvalue weighted by atomic mass is 19.1. The highest BCUT2D eigenvalue weighted by molar-refractivity contribution is 5.91. The zero-order valence-corrected chi connectivity index (χ0v) is 16.5. The van der Waals surface area contributed by atoms with Gasteiger partial charge in [-0.3, -0.25) is 4.79 Å². The molecule has 1 saturated heterocycles. The third-order valence-corrected chi connectivity index (χ3v) is 5.52. The van der Waals surface area contributed by atoms with Gasteiger partial charge in [0, 0.05) is 38.1 Å². The highest BCUT2D eigenvalue weighted by Gasteiger charge is 2.38. The molecule has 0 saturated carbocycles. The second-order valence-electron chi connectivity index (χ2n) is 7.43. The lowest BCUT2D eigenvalue weighted by Crippen LogP contribution is -2.42. The van der Waals surface area contributed by atoms with Gasteiger partial charge in [-0.15, -0.1) is 0 Å². The number of nitrogens with zero attached hydrogens (tertiary/aromatic N) is 1. The minimum atomic E-state index is -0.569. The molecule has 0 bridgehead atoms. The Labute approximate surface area is 166 Å². The molecule has 5 nitrogen and oxygen atoms in total. The van der Waals surface area contributed by atoms with Crippen molar-refractivity contribution in [2.75, 3.05) is 26.3 Å². The summed E-state index contributed by atoms with van der Waals surface area (Å²) >= 11 is 0. The van der Waals surface area contributed by atoms with E-state index in [4.69, 9.17) is 9.47 Å². The summed E-state index contributed by atoms with van der Waals surface area (Å²) in [5.74, 6) is -0.277. The Bertz CT molecular complexity index is 670. The fraction of sp³-hybridized carbons (Fsp3) is 0.591. The van der Waals surface area contributed by atoms with E-state index in [1.807, 2.05) is 17.9 Å². The SMILES string of the molecule is CCO[C@H]1OC(C(=O)N2CCCCC2)=C[C@@H](c2ccc(F)cc2)[C@H]1CCCO. The lowest BCUT2D eigenvalue weighted by atomic mass is 9.80. The predicted molar refractivity (Wildman–Crippen MR) is 104 cm³/mol. The standard InChI is InChI=1S/C22H30FNO4/c1-2-27-22-18(7-6-14-25)19(16-8-10-17(23)11-9-16)15-20(28-22)21(26)24-12-4-3-5-13-24/h8-11,15,18-19,22,25H,2-7,12-14H2,1H3/t18-,19+,22+/m1/s1. The molecule has 2 aliphatic rings. The number of likely N-dealkylation sites (tertiary alicyclic amines) is 1. The minimum Gasteiger partial charge on any atom is -0.459 e. The molecule has 1 amide bonds. The van der Waals surface area contributed by atoms with Gasteiger partial charge in [-0.1, -0.05) is 12.1 Å². The Kier molecular flexibility index (Phi) is 7.45. The monoisotopic (exact) mass is 391 g/mol. The smallest absolute Gasteiger partial charge is 0.288 e. The maximum atomic E-state index is 13.4. The molecule has 1 aromatic carbocycles. The van der Waals surface area contributed by atoms with E-state index >= 15 is 0 Å². The molecule has 0 aromatic heterocycles. The van der Waals surface area contributed by atoms with E-state index < -0.39 is 6.29 Å². The number of hydrogen-bond donors (Lipinski definition) is 1. The number of piperidine rings is 1. The van der Waals surface area contributed by atoms with Crippen LogP contribution in [0.2, 0.25) is 0 Å². The Hall–Kier alpha value is -1.92. The van der Waals surface area contributed by atoms with E-state index in [-0.39, 0.29) is 30.2 Å². The molecule has 2 aliphatic heterocycles. The van der Waals surface area contributed by atoms with Crippen molar-refractivity contribution in [3.8, 4) is 0 Å². The van der Waals surface area contributed by atoms with Crippen LogP contribution in [0.4, 0.5) is 4.39 Å². The van der Waals surface area contributed by atoms with Crippen LogP contribution in [0.1, 0.15) is 50.5 Å². The van der Waals surface area contributed by atoms with E-state index in [0.29, 0.717) is 25.2 Å². The minimum absolute atomic E-state index is 0.0598. The maximum Gasteiger partial charge on any atom is 0.288 e. The van der Waals surface area contributed by atoms with Crippen LogP contribution in [0.3, 0.4) is 0 Å². The van der Waals surface area contributed by atoms with E-state index in [0.717, 1.165) is 37.9 Å². The van der Waals surface area contributed by atoms with Crippen LogP contribution in [0, 0.1) is 11.7 Å². The summed E-state index contributed by atoms with van der Waals surface area (Å²) in [6.07, 6.45) is 5.75. The summed E-state index contributed by atoms with van der Waals surface area (Å²) in [7, 11) is 0. The number of carbonyl (C=O) groups excluding carboxylic acids is 1. The third kappa shape index (κ3) is 4.92. The number of halogens is 1. The van der Waals surface area contributed by atoms with E-state index in [1.54, 1.807) is 12.1 Å². The van der Waals surface area contributed by atoms with Gasteiger partial charge in [-0.2, -0.15) is 0 Å². The largest absolute Gasteiger partial charge is 0.459 e. The summed E-state index contributed by atoms with van der Waals surface area (Å²) in [5.41, 5.74) is 0.918. The molecule has 3 rings (SSSR count). The first-order valence-corrected chi connectivity index (χ1v) is 10.3. The van der Waals surface area contributed by atoms with Gasteiger partial charge in [0.1, 0.15) is 5.82 Å². The van der Waals surface area contributed by atoms with Gasteiger partial charge in [-0.05, 0) is 62.8 Å². The molecule has 1 N–H and O–H groups in total. The highest BCUT2D eigenvalue weighted by Crippen LogP contribution is 2.39. The van der Waals surface area contributed by atoms with E-state index in [1.165, 1.54) is 12.1 Å². The molecule has 6 heteroatoms. The van der Waals surface area contributed by atoms with Crippen molar-refractivity contribution < 1.29 is 23.8 Å². The van der Waals surface area contributed by atoms with Crippen LogP contribution in [-0.4, -0.2) is 48.5 Å². The van der Waals surface area contributed by atoms with Crippen LogP contribution >= 0.6 is 0 Å². The van der Waals surface area contributed by atoms with E-state index in [9.17, 15) is 14.3 Å².